The summed E-state index contributed by atoms with van der Waals surface area (Å²) < 4.78 is 0. The number of tetrazole rings is 1. The van der Waals surface area contributed by atoms with E-state index >= 15 is 0 Å². The first-order valence-electron chi connectivity index (χ1n) is 6.12. The Balaban J connectivity index is 2.60. The normalized spacial score (nSPS) is 12.4. The molecule has 0 bridgehead atoms. The van der Waals surface area contributed by atoms with Crippen LogP contribution in [0, 0.1) is 5.41 Å². The number of nitrogens with two attached hydrogens (primary N) is 1. The minimum atomic E-state index is 0.122. The Bertz CT molecular complexity index is 332. The van der Waals surface area contributed by atoms with Crippen molar-refractivity contribution in [3.05, 3.63) is 5.82 Å². The second-order valence-electron chi connectivity index (χ2n) is 5.27. The van der Waals surface area contributed by atoms with Crippen LogP contribution in [0.2, 0.25) is 0 Å². The van der Waals surface area contributed by atoms with Crippen LogP contribution in [0.3, 0.4) is 0 Å². The summed E-state index contributed by atoms with van der Waals surface area (Å²) in [6.45, 7) is 9.94. The summed E-state index contributed by atoms with van der Waals surface area (Å²) in [5.74, 6) is 0.772. The lowest BCUT2D eigenvalue weighted by atomic mass is 9.93. The standard InChI is InChI=1S/C11H24N6/c1-5-6-17(9-11(2,3)8-12)7-10-13-15-16(4)14-10/h5-9,12H2,1-4H3. The zero-order valence-electron chi connectivity index (χ0n) is 11.3. The summed E-state index contributed by atoms with van der Waals surface area (Å²) in [4.78, 5) is 3.83. The minimum Gasteiger partial charge on any atom is -0.330 e. The summed E-state index contributed by atoms with van der Waals surface area (Å²) >= 11 is 0. The average Bonchev–Trinajstić information content (AvgIpc) is 2.64. The second-order valence-corrected chi connectivity index (χ2v) is 5.27. The van der Waals surface area contributed by atoms with Crippen molar-refractivity contribution >= 4 is 0 Å². The molecule has 0 atom stereocenters. The maximum Gasteiger partial charge on any atom is 0.188 e. The third kappa shape index (κ3) is 4.79. The van der Waals surface area contributed by atoms with Crippen LogP contribution in [0.1, 0.15) is 33.0 Å². The van der Waals surface area contributed by atoms with Gasteiger partial charge in [0.15, 0.2) is 5.82 Å². The number of nitrogens with zero attached hydrogens (tertiary/aromatic N) is 5. The van der Waals surface area contributed by atoms with Gasteiger partial charge in [-0.3, -0.25) is 4.90 Å². The number of hydrogen-bond acceptors (Lipinski definition) is 5. The lowest BCUT2D eigenvalue weighted by Gasteiger charge is -2.30. The zero-order valence-corrected chi connectivity index (χ0v) is 11.3. The van der Waals surface area contributed by atoms with Crippen molar-refractivity contribution in [1.82, 2.24) is 25.1 Å². The Morgan fingerprint density at radius 3 is 2.59 bits per heavy atom. The van der Waals surface area contributed by atoms with Gasteiger partial charge >= 0.3 is 0 Å². The van der Waals surface area contributed by atoms with E-state index in [0.29, 0.717) is 6.54 Å². The first-order valence-corrected chi connectivity index (χ1v) is 6.12. The Hall–Kier alpha value is -1.01. The van der Waals surface area contributed by atoms with Crippen LogP contribution in [0.5, 0.6) is 0 Å². The van der Waals surface area contributed by atoms with Crippen LogP contribution in [0.4, 0.5) is 0 Å². The third-order valence-corrected chi connectivity index (χ3v) is 2.66. The minimum absolute atomic E-state index is 0.122. The van der Waals surface area contributed by atoms with Crippen LogP contribution in [0.15, 0.2) is 0 Å². The van der Waals surface area contributed by atoms with Crippen LogP contribution >= 0.6 is 0 Å². The van der Waals surface area contributed by atoms with E-state index in [1.54, 1.807) is 7.05 Å². The van der Waals surface area contributed by atoms with Crippen molar-refractivity contribution in [2.24, 2.45) is 18.2 Å². The van der Waals surface area contributed by atoms with Crippen molar-refractivity contribution in [2.75, 3.05) is 19.6 Å². The number of hydrogen-bond donors (Lipinski definition) is 1. The molecule has 0 saturated carbocycles. The molecule has 0 saturated heterocycles. The fourth-order valence-corrected chi connectivity index (χ4v) is 1.79. The van der Waals surface area contributed by atoms with Gasteiger partial charge in [-0.05, 0) is 30.1 Å². The molecule has 6 heteroatoms. The predicted octanol–water partition coefficient (Wildman–Crippen LogP) is 0.407. The molecule has 1 rings (SSSR count). The Labute approximate surface area is 103 Å². The second kappa shape index (κ2) is 6.07. The lowest BCUT2D eigenvalue weighted by molar-refractivity contribution is 0.172. The first-order chi connectivity index (χ1) is 7.96. The third-order valence-electron chi connectivity index (χ3n) is 2.66. The molecule has 0 aliphatic rings. The summed E-state index contributed by atoms with van der Waals surface area (Å²) in [5.41, 5.74) is 5.90. The van der Waals surface area contributed by atoms with Gasteiger partial charge in [0.25, 0.3) is 0 Å². The molecule has 0 aliphatic carbocycles. The molecule has 1 heterocycles. The summed E-state index contributed by atoms with van der Waals surface area (Å²) in [6, 6.07) is 0. The summed E-state index contributed by atoms with van der Waals surface area (Å²) in [7, 11) is 1.78. The van der Waals surface area contributed by atoms with E-state index in [4.69, 9.17) is 5.73 Å². The van der Waals surface area contributed by atoms with E-state index in [9.17, 15) is 0 Å². The SMILES string of the molecule is CCCN(Cc1nnn(C)n1)CC(C)(C)CN. The number of aryl methyl sites for hydroxylation is 1. The molecule has 0 aromatic carbocycles. The van der Waals surface area contributed by atoms with Crippen molar-refractivity contribution in [1.29, 1.82) is 0 Å². The molecule has 98 valence electrons. The summed E-state index contributed by atoms with van der Waals surface area (Å²) in [6.07, 6.45) is 1.11. The Kier molecular flexibility index (Phi) is 5.02. The molecule has 1 aromatic heterocycles. The van der Waals surface area contributed by atoms with E-state index in [1.807, 2.05) is 0 Å². The maximum absolute atomic E-state index is 5.77. The van der Waals surface area contributed by atoms with Crippen LogP contribution in [0.25, 0.3) is 0 Å². The van der Waals surface area contributed by atoms with Gasteiger partial charge in [0, 0.05) is 6.54 Å². The molecule has 0 aliphatic heterocycles. The molecular formula is C11H24N6. The molecule has 1 aromatic rings. The smallest absolute Gasteiger partial charge is 0.188 e. The van der Waals surface area contributed by atoms with E-state index < -0.39 is 0 Å². The van der Waals surface area contributed by atoms with Crippen LogP contribution in [-0.2, 0) is 13.6 Å². The van der Waals surface area contributed by atoms with Crippen molar-refractivity contribution in [3.8, 4) is 0 Å². The molecule has 0 radical (unpaired) electrons. The molecular weight excluding hydrogens is 216 g/mol. The van der Waals surface area contributed by atoms with Gasteiger partial charge in [0.1, 0.15) is 0 Å². The highest BCUT2D eigenvalue weighted by Crippen LogP contribution is 2.16. The number of aromatic nitrogens is 4. The largest absolute Gasteiger partial charge is 0.330 e. The van der Waals surface area contributed by atoms with Crippen molar-refractivity contribution in [2.45, 2.75) is 33.7 Å². The van der Waals surface area contributed by atoms with Gasteiger partial charge in [0.2, 0.25) is 0 Å². The topological polar surface area (TPSA) is 72.9 Å². The monoisotopic (exact) mass is 240 g/mol. The fraction of sp³-hybridized carbons (Fsp3) is 0.909. The van der Waals surface area contributed by atoms with Crippen LogP contribution in [-0.4, -0.2) is 44.7 Å². The van der Waals surface area contributed by atoms with Gasteiger partial charge in [-0.2, -0.15) is 4.80 Å². The van der Waals surface area contributed by atoms with Gasteiger partial charge < -0.3 is 5.73 Å². The highest BCUT2D eigenvalue weighted by molar-refractivity contribution is 4.81. The van der Waals surface area contributed by atoms with E-state index in [0.717, 1.165) is 31.9 Å². The van der Waals surface area contributed by atoms with Crippen molar-refractivity contribution in [3.63, 3.8) is 0 Å². The Morgan fingerprint density at radius 1 is 1.41 bits per heavy atom. The quantitative estimate of drug-likeness (QED) is 0.747. The fourth-order valence-electron chi connectivity index (χ4n) is 1.79. The molecule has 2 N–H and O–H groups in total. The molecule has 0 unspecified atom stereocenters. The highest BCUT2D eigenvalue weighted by atomic mass is 15.6. The van der Waals surface area contributed by atoms with Crippen molar-refractivity contribution < 1.29 is 0 Å². The van der Waals surface area contributed by atoms with E-state index in [-0.39, 0.29) is 5.41 Å². The van der Waals surface area contributed by atoms with Gasteiger partial charge in [-0.25, -0.2) is 0 Å². The lowest BCUT2D eigenvalue weighted by Crippen LogP contribution is -2.39. The molecule has 0 amide bonds. The summed E-state index contributed by atoms with van der Waals surface area (Å²) in [5, 5.41) is 12.1. The molecule has 0 fully saturated rings. The maximum atomic E-state index is 5.77. The van der Waals surface area contributed by atoms with Gasteiger partial charge in [0.05, 0.1) is 13.6 Å². The van der Waals surface area contributed by atoms with Gasteiger partial charge in [-0.1, -0.05) is 20.8 Å². The molecule has 0 spiro atoms. The molecule has 6 nitrogen and oxygen atoms in total. The van der Waals surface area contributed by atoms with Crippen LogP contribution < -0.4 is 5.73 Å². The predicted molar refractivity (Wildman–Crippen MR) is 67.2 cm³/mol. The zero-order chi connectivity index (χ0) is 12.9. The first kappa shape index (κ1) is 14.1. The van der Waals surface area contributed by atoms with E-state index in [2.05, 4.69) is 41.1 Å². The average molecular weight is 240 g/mol. The van der Waals surface area contributed by atoms with Gasteiger partial charge in [-0.15, -0.1) is 10.2 Å². The highest BCUT2D eigenvalue weighted by Gasteiger charge is 2.20. The number of rotatable bonds is 7. The Morgan fingerprint density at radius 2 is 2.12 bits per heavy atom. The van der Waals surface area contributed by atoms with E-state index in [1.165, 1.54) is 4.80 Å². The molecule has 17 heavy (non-hydrogen) atoms.